The van der Waals surface area contributed by atoms with E-state index in [0.29, 0.717) is 18.0 Å². The van der Waals surface area contributed by atoms with Gasteiger partial charge in [-0.05, 0) is 48.4 Å². The van der Waals surface area contributed by atoms with Gasteiger partial charge in [-0.15, -0.1) is 5.10 Å². The van der Waals surface area contributed by atoms with Gasteiger partial charge in [0.05, 0.1) is 12.1 Å². The summed E-state index contributed by atoms with van der Waals surface area (Å²) < 4.78 is 2.18. The molecule has 6 nitrogen and oxygen atoms in total. The minimum Gasteiger partial charge on any atom is -0.298 e. The Bertz CT molecular complexity index is 550. The highest BCUT2D eigenvalue weighted by Gasteiger charge is 2.33. The molecule has 6 heteroatoms. The average Bonchev–Trinajstić information content (AvgIpc) is 3.41. The Morgan fingerprint density at radius 3 is 2.12 bits per heavy atom. The monoisotopic (exact) mass is 360 g/mol. The maximum Gasteiger partial charge on any atom is 0.168 e. The molecule has 0 spiro atoms. The first-order chi connectivity index (χ1) is 12.7. The van der Waals surface area contributed by atoms with Crippen molar-refractivity contribution >= 4 is 0 Å². The van der Waals surface area contributed by atoms with E-state index >= 15 is 0 Å². The molecular weight excluding hydrogens is 324 g/mol. The summed E-state index contributed by atoms with van der Waals surface area (Å²) in [7, 11) is 0. The van der Waals surface area contributed by atoms with Gasteiger partial charge < -0.3 is 0 Å². The largest absolute Gasteiger partial charge is 0.298 e. The molecule has 3 aliphatic rings. The van der Waals surface area contributed by atoms with Gasteiger partial charge in [0.25, 0.3) is 0 Å². The van der Waals surface area contributed by atoms with Gasteiger partial charge in [-0.3, -0.25) is 9.80 Å². The van der Waals surface area contributed by atoms with Crippen LogP contribution in [0.25, 0.3) is 0 Å². The second-order valence-electron chi connectivity index (χ2n) is 9.08. The zero-order valence-electron chi connectivity index (χ0n) is 16.7. The first kappa shape index (κ1) is 18.4. The van der Waals surface area contributed by atoms with E-state index in [1.54, 1.807) is 0 Å². The van der Waals surface area contributed by atoms with Crippen LogP contribution in [0.1, 0.15) is 89.5 Å². The molecule has 2 heterocycles. The smallest absolute Gasteiger partial charge is 0.168 e. The molecule has 0 aromatic carbocycles. The number of hydrogen-bond donors (Lipinski definition) is 0. The molecule has 1 aliphatic heterocycles. The molecular formula is C20H36N6. The molecule has 0 bridgehead atoms. The summed E-state index contributed by atoms with van der Waals surface area (Å²) in [5, 5.41) is 13.0. The number of aromatic nitrogens is 4. The maximum absolute atomic E-state index is 4.53. The van der Waals surface area contributed by atoms with E-state index in [-0.39, 0.29) is 0 Å². The SMILES string of the molecule is CC(C)CC(c1nnnn1C1CCCC1)N1CCN(C2CCCC2)CC1. The van der Waals surface area contributed by atoms with Gasteiger partial charge in [-0.25, -0.2) is 4.68 Å². The van der Waals surface area contributed by atoms with Crippen LogP contribution < -0.4 is 0 Å². The number of nitrogens with zero attached hydrogens (tertiary/aromatic N) is 6. The highest BCUT2D eigenvalue weighted by atomic mass is 15.6. The molecule has 1 atom stereocenters. The van der Waals surface area contributed by atoms with Crippen LogP contribution in [-0.4, -0.2) is 62.2 Å². The van der Waals surface area contributed by atoms with Gasteiger partial charge in [0.15, 0.2) is 5.82 Å². The number of rotatable bonds is 6. The van der Waals surface area contributed by atoms with E-state index in [2.05, 4.69) is 43.9 Å². The van der Waals surface area contributed by atoms with Crippen molar-refractivity contribution < 1.29 is 0 Å². The maximum atomic E-state index is 4.53. The molecule has 146 valence electrons. The fourth-order valence-electron chi connectivity index (χ4n) is 5.38. The standard InChI is InChI=1S/C20H36N6/c1-16(2)15-19(20-21-22-23-26(20)18-9-5-6-10-18)25-13-11-24(12-14-25)17-7-3-4-8-17/h16-19H,3-15H2,1-2H3. The fraction of sp³-hybridized carbons (Fsp3) is 0.950. The van der Waals surface area contributed by atoms with E-state index in [4.69, 9.17) is 0 Å². The Balaban J connectivity index is 1.46. The van der Waals surface area contributed by atoms with E-state index < -0.39 is 0 Å². The third kappa shape index (κ3) is 3.96. The van der Waals surface area contributed by atoms with Gasteiger partial charge in [-0.2, -0.15) is 0 Å². The summed E-state index contributed by atoms with van der Waals surface area (Å²) in [6.45, 7) is 9.39. The summed E-state index contributed by atoms with van der Waals surface area (Å²) in [4.78, 5) is 5.42. The van der Waals surface area contributed by atoms with E-state index in [1.807, 2.05) is 0 Å². The normalized spacial score (nSPS) is 25.5. The van der Waals surface area contributed by atoms with Crippen LogP contribution in [0.2, 0.25) is 0 Å². The lowest BCUT2D eigenvalue weighted by molar-refractivity contribution is 0.0580. The third-order valence-electron chi connectivity index (χ3n) is 6.81. The Kier molecular flexibility index (Phi) is 5.89. The Morgan fingerprint density at radius 2 is 1.50 bits per heavy atom. The van der Waals surface area contributed by atoms with Crippen LogP contribution in [0.5, 0.6) is 0 Å². The van der Waals surface area contributed by atoms with Crippen LogP contribution >= 0.6 is 0 Å². The third-order valence-corrected chi connectivity index (χ3v) is 6.81. The van der Waals surface area contributed by atoms with Crippen molar-refractivity contribution in [2.75, 3.05) is 26.2 Å². The van der Waals surface area contributed by atoms with Crippen molar-refractivity contribution in [2.45, 2.75) is 89.8 Å². The van der Waals surface area contributed by atoms with Gasteiger partial charge in [0.2, 0.25) is 0 Å². The van der Waals surface area contributed by atoms with E-state index in [0.717, 1.165) is 31.4 Å². The molecule has 3 fully saturated rings. The Labute approximate surface area is 158 Å². The molecule has 0 amide bonds. The van der Waals surface area contributed by atoms with Crippen LogP contribution in [-0.2, 0) is 0 Å². The van der Waals surface area contributed by atoms with Gasteiger partial charge in [0, 0.05) is 32.2 Å². The molecule has 4 rings (SSSR count). The number of tetrazole rings is 1. The molecule has 1 aromatic rings. The lowest BCUT2D eigenvalue weighted by atomic mass is 10.00. The zero-order valence-corrected chi connectivity index (χ0v) is 16.7. The van der Waals surface area contributed by atoms with E-state index in [9.17, 15) is 0 Å². The van der Waals surface area contributed by atoms with Crippen LogP contribution in [0.4, 0.5) is 0 Å². The van der Waals surface area contributed by atoms with Gasteiger partial charge in [0.1, 0.15) is 0 Å². The van der Waals surface area contributed by atoms with Crippen molar-refractivity contribution in [2.24, 2.45) is 5.92 Å². The quantitative estimate of drug-likeness (QED) is 0.778. The Morgan fingerprint density at radius 1 is 0.885 bits per heavy atom. The molecule has 2 aliphatic carbocycles. The van der Waals surface area contributed by atoms with Crippen molar-refractivity contribution in [1.29, 1.82) is 0 Å². The minimum absolute atomic E-state index is 0.372. The molecule has 1 saturated heterocycles. The highest BCUT2D eigenvalue weighted by Crippen LogP contribution is 2.34. The van der Waals surface area contributed by atoms with Crippen molar-refractivity contribution in [1.82, 2.24) is 30.0 Å². The summed E-state index contributed by atoms with van der Waals surface area (Å²) in [5.74, 6) is 1.78. The van der Waals surface area contributed by atoms with Crippen molar-refractivity contribution in [3.8, 4) is 0 Å². The second-order valence-corrected chi connectivity index (χ2v) is 9.08. The average molecular weight is 361 g/mol. The first-order valence-corrected chi connectivity index (χ1v) is 11.0. The van der Waals surface area contributed by atoms with Crippen molar-refractivity contribution in [3.05, 3.63) is 5.82 Å². The predicted octanol–water partition coefficient (Wildman–Crippen LogP) is 3.44. The lowest BCUT2D eigenvalue weighted by Gasteiger charge is -2.41. The highest BCUT2D eigenvalue weighted by molar-refractivity contribution is 4.98. The summed E-state index contributed by atoms with van der Waals surface area (Å²) in [6, 6.07) is 1.75. The topological polar surface area (TPSA) is 50.1 Å². The van der Waals surface area contributed by atoms with E-state index in [1.165, 1.54) is 64.5 Å². The van der Waals surface area contributed by atoms with Crippen molar-refractivity contribution in [3.63, 3.8) is 0 Å². The zero-order chi connectivity index (χ0) is 17.9. The van der Waals surface area contributed by atoms with Crippen LogP contribution in [0, 0.1) is 5.92 Å². The summed E-state index contributed by atoms with van der Waals surface area (Å²) in [6.07, 6.45) is 11.9. The van der Waals surface area contributed by atoms with Gasteiger partial charge in [-0.1, -0.05) is 39.5 Å². The molecule has 0 N–H and O–H groups in total. The number of piperazine rings is 1. The predicted molar refractivity (Wildman–Crippen MR) is 103 cm³/mol. The fourth-order valence-corrected chi connectivity index (χ4v) is 5.38. The van der Waals surface area contributed by atoms with Crippen LogP contribution in [0.3, 0.4) is 0 Å². The molecule has 1 aromatic heterocycles. The minimum atomic E-state index is 0.372. The molecule has 1 unspecified atom stereocenters. The molecule has 2 saturated carbocycles. The lowest BCUT2D eigenvalue weighted by Crippen LogP contribution is -2.51. The first-order valence-electron chi connectivity index (χ1n) is 11.0. The summed E-state index contributed by atoms with van der Waals surface area (Å²) in [5.41, 5.74) is 0. The number of hydrogen-bond acceptors (Lipinski definition) is 5. The second kappa shape index (κ2) is 8.34. The van der Waals surface area contributed by atoms with Gasteiger partial charge >= 0.3 is 0 Å². The van der Waals surface area contributed by atoms with Crippen LogP contribution in [0.15, 0.2) is 0 Å². The molecule has 26 heavy (non-hydrogen) atoms. The molecule has 0 radical (unpaired) electrons. The Hall–Kier alpha value is -1.01. The summed E-state index contributed by atoms with van der Waals surface area (Å²) >= 11 is 0.